The maximum absolute atomic E-state index is 13.2. The van der Waals surface area contributed by atoms with Crippen LogP contribution in [0.3, 0.4) is 0 Å². The predicted molar refractivity (Wildman–Crippen MR) is 86.2 cm³/mol. The minimum absolute atomic E-state index is 0.249. The van der Waals surface area contributed by atoms with Crippen molar-refractivity contribution in [1.82, 2.24) is 9.88 Å². The van der Waals surface area contributed by atoms with Crippen LogP contribution in [0.4, 0.5) is 4.39 Å². The summed E-state index contributed by atoms with van der Waals surface area (Å²) in [4.78, 5) is 8.60. The topological polar surface area (TPSA) is 16.1 Å². The largest absolute Gasteiger partial charge is 0.295 e. The van der Waals surface area contributed by atoms with Crippen LogP contribution < -0.4 is 0 Å². The number of thiazole rings is 1. The van der Waals surface area contributed by atoms with Crippen molar-refractivity contribution in [3.05, 3.63) is 51.2 Å². The molecule has 1 aliphatic carbocycles. The summed E-state index contributed by atoms with van der Waals surface area (Å²) < 4.78 is 13.2. The van der Waals surface area contributed by atoms with E-state index in [0.29, 0.717) is 5.56 Å². The molecule has 1 aromatic heterocycles. The van der Waals surface area contributed by atoms with Gasteiger partial charge >= 0.3 is 0 Å². The van der Waals surface area contributed by atoms with Crippen molar-refractivity contribution in [3.8, 4) is 11.8 Å². The van der Waals surface area contributed by atoms with Gasteiger partial charge in [0.25, 0.3) is 0 Å². The molecule has 0 atom stereocenters. The summed E-state index contributed by atoms with van der Waals surface area (Å²) in [6.45, 7) is 2.15. The van der Waals surface area contributed by atoms with E-state index in [1.54, 1.807) is 17.4 Å². The summed E-state index contributed by atoms with van der Waals surface area (Å²) in [5.41, 5.74) is 1.91. The van der Waals surface area contributed by atoms with Crippen molar-refractivity contribution < 1.29 is 4.39 Å². The molecule has 0 bridgehead atoms. The van der Waals surface area contributed by atoms with E-state index in [1.165, 1.54) is 42.0 Å². The van der Waals surface area contributed by atoms with Gasteiger partial charge in [-0.3, -0.25) is 4.90 Å². The Morgan fingerprint density at radius 3 is 2.95 bits per heavy atom. The number of hydrogen-bond acceptors (Lipinski definition) is 3. The highest BCUT2D eigenvalue weighted by atomic mass is 32.1. The highest BCUT2D eigenvalue weighted by molar-refractivity contribution is 7.12. The van der Waals surface area contributed by atoms with E-state index in [2.05, 4.69) is 21.7 Å². The van der Waals surface area contributed by atoms with E-state index in [1.807, 2.05) is 6.07 Å². The third kappa shape index (κ3) is 2.79. The number of aromatic nitrogens is 1. The van der Waals surface area contributed by atoms with Crippen LogP contribution in [-0.2, 0) is 13.0 Å². The first kappa shape index (κ1) is 13.9. The molecule has 0 amide bonds. The summed E-state index contributed by atoms with van der Waals surface area (Å²) in [6, 6.07) is 7.18. The van der Waals surface area contributed by atoms with Gasteiger partial charge in [-0.1, -0.05) is 18.4 Å². The Balaban J connectivity index is 1.52. The third-order valence-corrected chi connectivity index (χ3v) is 5.49. The quantitative estimate of drug-likeness (QED) is 0.748. The number of halogens is 1. The zero-order valence-corrected chi connectivity index (χ0v) is 13.1. The van der Waals surface area contributed by atoms with Crippen LogP contribution in [0.15, 0.2) is 24.3 Å². The molecule has 0 spiro atoms. The fourth-order valence-electron chi connectivity index (χ4n) is 3.02. The fourth-order valence-corrected chi connectivity index (χ4v) is 4.01. The summed E-state index contributed by atoms with van der Waals surface area (Å²) >= 11 is 1.69. The van der Waals surface area contributed by atoms with E-state index < -0.39 is 0 Å². The van der Waals surface area contributed by atoms with E-state index in [0.717, 1.165) is 30.6 Å². The van der Waals surface area contributed by atoms with Gasteiger partial charge in [-0.15, -0.1) is 11.3 Å². The average Bonchev–Trinajstić information content (AvgIpc) is 2.85. The lowest BCUT2D eigenvalue weighted by atomic mass is 9.90. The lowest BCUT2D eigenvalue weighted by molar-refractivity contribution is 0.114. The Kier molecular flexibility index (Phi) is 3.69. The van der Waals surface area contributed by atoms with Crippen LogP contribution >= 0.6 is 11.3 Å². The Hall–Kier alpha value is -1.70. The smallest absolute Gasteiger partial charge is 0.167 e. The molecule has 1 aliphatic heterocycles. The maximum Gasteiger partial charge on any atom is 0.167 e. The Morgan fingerprint density at radius 2 is 2.18 bits per heavy atom. The molecule has 1 fully saturated rings. The van der Waals surface area contributed by atoms with Gasteiger partial charge in [0.1, 0.15) is 5.82 Å². The first-order chi connectivity index (χ1) is 10.8. The molecule has 1 saturated carbocycles. The van der Waals surface area contributed by atoms with Gasteiger partial charge in [0.15, 0.2) is 5.01 Å². The van der Waals surface area contributed by atoms with Gasteiger partial charge in [0, 0.05) is 36.0 Å². The average molecular weight is 312 g/mol. The van der Waals surface area contributed by atoms with Gasteiger partial charge in [-0.2, -0.15) is 0 Å². The van der Waals surface area contributed by atoms with Gasteiger partial charge in [-0.05, 0) is 37.0 Å². The Morgan fingerprint density at radius 1 is 1.27 bits per heavy atom. The normalized spacial score (nSPS) is 18.2. The number of benzene rings is 1. The number of rotatable bonds is 1. The van der Waals surface area contributed by atoms with E-state index >= 15 is 0 Å². The SMILES string of the molecule is Fc1cccc(C#Cc2nc3c(s2)CN(C2CCC2)CC3)c1. The molecule has 0 radical (unpaired) electrons. The predicted octanol–water partition coefficient (Wildman–Crippen LogP) is 3.59. The van der Waals surface area contributed by atoms with Crippen molar-refractivity contribution >= 4 is 11.3 Å². The summed E-state index contributed by atoms with van der Waals surface area (Å²) in [6.07, 6.45) is 5.10. The van der Waals surface area contributed by atoms with Crippen molar-refractivity contribution in [2.24, 2.45) is 0 Å². The van der Waals surface area contributed by atoms with Crippen molar-refractivity contribution in [3.63, 3.8) is 0 Å². The highest BCUT2D eigenvalue weighted by Gasteiger charge is 2.29. The molecule has 0 N–H and O–H groups in total. The molecule has 1 aromatic carbocycles. The first-order valence-electron chi connectivity index (χ1n) is 7.78. The summed E-state index contributed by atoms with van der Waals surface area (Å²) in [5, 5.41) is 0.852. The van der Waals surface area contributed by atoms with E-state index in [4.69, 9.17) is 0 Å². The molecule has 2 heterocycles. The van der Waals surface area contributed by atoms with Crippen LogP contribution in [0, 0.1) is 17.7 Å². The zero-order chi connectivity index (χ0) is 14.9. The third-order valence-electron chi connectivity index (χ3n) is 4.49. The van der Waals surface area contributed by atoms with Crippen LogP contribution in [-0.4, -0.2) is 22.5 Å². The van der Waals surface area contributed by atoms with Crippen LogP contribution in [0.2, 0.25) is 0 Å². The Bertz CT molecular complexity index is 752. The van der Waals surface area contributed by atoms with Crippen LogP contribution in [0.5, 0.6) is 0 Å². The summed E-state index contributed by atoms with van der Waals surface area (Å²) in [7, 11) is 0. The van der Waals surface area contributed by atoms with Gasteiger partial charge in [0.2, 0.25) is 0 Å². The molecule has 4 heteroatoms. The molecular weight excluding hydrogens is 295 g/mol. The van der Waals surface area contributed by atoms with Gasteiger partial charge in [-0.25, -0.2) is 9.37 Å². The number of hydrogen-bond donors (Lipinski definition) is 0. The van der Waals surface area contributed by atoms with Crippen molar-refractivity contribution in [1.29, 1.82) is 0 Å². The second-order valence-electron chi connectivity index (χ2n) is 5.95. The van der Waals surface area contributed by atoms with Gasteiger partial charge < -0.3 is 0 Å². The minimum atomic E-state index is -0.249. The molecule has 4 rings (SSSR count). The molecule has 2 nitrogen and oxygen atoms in total. The monoisotopic (exact) mass is 312 g/mol. The molecular formula is C18H17FN2S. The summed E-state index contributed by atoms with van der Waals surface area (Å²) in [5.74, 6) is 5.85. The molecule has 2 aromatic rings. The minimum Gasteiger partial charge on any atom is -0.295 e. The molecule has 112 valence electrons. The van der Waals surface area contributed by atoms with Crippen molar-refractivity contribution in [2.75, 3.05) is 6.54 Å². The Labute approximate surface area is 134 Å². The first-order valence-corrected chi connectivity index (χ1v) is 8.60. The molecule has 22 heavy (non-hydrogen) atoms. The second-order valence-corrected chi connectivity index (χ2v) is 7.04. The molecule has 0 unspecified atom stereocenters. The number of nitrogens with zero attached hydrogens (tertiary/aromatic N) is 2. The fraction of sp³-hybridized carbons (Fsp3) is 0.389. The van der Waals surface area contributed by atoms with Crippen LogP contribution in [0.1, 0.15) is 40.4 Å². The molecule has 2 aliphatic rings. The lowest BCUT2D eigenvalue weighted by Crippen LogP contribution is -2.42. The molecule has 0 saturated heterocycles. The van der Waals surface area contributed by atoms with E-state index in [9.17, 15) is 4.39 Å². The lowest BCUT2D eigenvalue weighted by Gasteiger charge is -2.39. The maximum atomic E-state index is 13.2. The highest BCUT2D eigenvalue weighted by Crippen LogP contribution is 2.31. The second kappa shape index (κ2) is 5.83. The van der Waals surface area contributed by atoms with Crippen molar-refractivity contribution in [2.45, 2.75) is 38.3 Å². The zero-order valence-electron chi connectivity index (χ0n) is 12.3. The van der Waals surface area contributed by atoms with Crippen LogP contribution in [0.25, 0.3) is 0 Å². The van der Waals surface area contributed by atoms with Gasteiger partial charge in [0.05, 0.1) is 5.69 Å². The number of fused-ring (bicyclic) bond motifs is 1. The standard InChI is InChI=1S/C18H17FN2S/c19-14-4-1-3-13(11-14)7-8-18-20-16-9-10-21(12-17(16)22-18)15-5-2-6-15/h1,3-4,11,15H,2,5-6,9-10,12H2. The van der Waals surface area contributed by atoms with E-state index in [-0.39, 0.29) is 5.82 Å².